The van der Waals surface area contributed by atoms with Crippen LogP contribution in [0.5, 0.6) is 23.0 Å². The second kappa shape index (κ2) is 17.3. The normalized spacial score (nSPS) is 11.5. The Morgan fingerprint density at radius 3 is 0.818 bits per heavy atom. The molecular formula is C38H50F2O4. The zero-order chi connectivity index (χ0) is 31.3. The van der Waals surface area contributed by atoms with Crippen LogP contribution >= 0.6 is 0 Å². The Morgan fingerprint density at radius 1 is 0.364 bits per heavy atom. The van der Waals surface area contributed by atoms with Crippen LogP contribution in [0.4, 0.5) is 8.78 Å². The van der Waals surface area contributed by atoms with Crippen molar-refractivity contribution in [3.8, 4) is 23.0 Å². The van der Waals surface area contributed by atoms with E-state index in [1.807, 2.05) is 24.3 Å². The van der Waals surface area contributed by atoms with E-state index in [0.29, 0.717) is 60.2 Å². The van der Waals surface area contributed by atoms with Crippen LogP contribution < -0.4 is 18.9 Å². The highest BCUT2D eigenvalue weighted by Crippen LogP contribution is 2.45. The summed E-state index contributed by atoms with van der Waals surface area (Å²) < 4.78 is 54.7. The third kappa shape index (κ3) is 8.46. The topological polar surface area (TPSA) is 36.9 Å². The summed E-state index contributed by atoms with van der Waals surface area (Å²) >= 11 is 0. The van der Waals surface area contributed by atoms with E-state index >= 15 is 0 Å². The van der Waals surface area contributed by atoms with Crippen molar-refractivity contribution >= 4 is 32.3 Å². The molecule has 0 aliphatic carbocycles. The van der Waals surface area contributed by atoms with E-state index in [9.17, 15) is 8.78 Å². The molecule has 0 amide bonds. The van der Waals surface area contributed by atoms with E-state index in [2.05, 4.69) is 27.7 Å². The number of unbranched alkanes of at least 4 members (excludes halogenated alkanes) is 8. The fourth-order valence-corrected chi connectivity index (χ4v) is 5.59. The first-order chi connectivity index (χ1) is 21.5. The van der Waals surface area contributed by atoms with Gasteiger partial charge in [-0.25, -0.2) is 8.78 Å². The number of hydrogen-bond acceptors (Lipinski definition) is 4. The number of benzene rings is 4. The summed E-state index contributed by atoms with van der Waals surface area (Å²) in [5, 5.41) is 4.56. The highest BCUT2D eigenvalue weighted by atomic mass is 19.2. The fraction of sp³-hybridized carbons (Fsp3) is 0.526. The van der Waals surface area contributed by atoms with Crippen molar-refractivity contribution in [1.82, 2.24) is 0 Å². The van der Waals surface area contributed by atoms with Gasteiger partial charge in [0.05, 0.1) is 26.4 Å². The first kappa shape index (κ1) is 33.6. The van der Waals surface area contributed by atoms with E-state index < -0.39 is 11.6 Å². The molecule has 0 unspecified atom stereocenters. The first-order valence-corrected chi connectivity index (χ1v) is 16.9. The molecule has 0 aliphatic rings. The molecule has 4 aromatic rings. The molecule has 0 radical (unpaired) electrons. The van der Waals surface area contributed by atoms with Crippen molar-refractivity contribution in [1.29, 1.82) is 0 Å². The lowest BCUT2D eigenvalue weighted by atomic mass is 9.93. The zero-order valence-corrected chi connectivity index (χ0v) is 27.2. The second-order valence-corrected chi connectivity index (χ2v) is 11.7. The highest BCUT2D eigenvalue weighted by molar-refractivity contribution is 6.26. The number of hydrogen-bond donors (Lipinski definition) is 0. The van der Waals surface area contributed by atoms with Gasteiger partial charge >= 0.3 is 0 Å². The van der Waals surface area contributed by atoms with Crippen molar-refractivity contribution in [2.45, 2.75) is 105 Å². The van der Waals surface area contributed by atoms with Gasteiger partial charge in [0.15, 0.2) is 34.6 Å². The third-order valence-electron chi connectivity index (χ3n) is 8.12. The summed E-state index contributed by atoms with van der Waals surface area (Å²) in [6.07, 6.45) is 12.5. The van der Waals surface area contributed by atoms with Gasteiger partial charge in [-0.3, -0.25) is 0 Å². The van der Waals surface area contributed by atoms with Crippen LogP contribution in [-0.2, 0) is 0 Å². The summed E-state index contributed by atoms with van der Waals surface area (Å²) in [7, 11) is 0. The third-order valence-corrected chi connectivity index (χ3v) is 8.12. The molecule has 0 N–H and O–H groups in total. The summed E-state index contributed by atoms with van der Waals surface area (Å²) in [5.74, 6) is 0.827. The molecule has 0 aliphatic heterocycles. The van der Waals surface area contributed by atoms with Gasteiger partial charge in [0.25, 0.3) is 0 Å². The predicted molar refractivity (Wildman–Crippen MR) is 179 cm³/mol. The molecule has 0 spiro atoms. The van der Waals surface area contributed by atoms with E-state index in [4.69, 9.17) is 18.9 Å². The van der Waals surface area contributed by atoms with E-state index in [-0.39, 0.29) is 0 Å². The monoisotopic (exact) mass is 608 g/mol. The molecule has 4 rings (SSSR count). The maximum absolute atomic E-state index is 14.8. The molecule has 4 aromatic carbocycles. The molecule has 6 heteroatoms. The lowest BCUT2D eigenvalue weighted by Crippen LogP contribution is -2.04. The SMILES string of the molecule is CCCCCOc1cc2c3cc(F)c(F)cc3c3cc(OCCCCC)c(OCCCCC)cc3c2cc1OCCCCC. The minimum atomic E-state index is -0.879. The molecule has 0 atom stereocenters. The molecule has 0 bridgehead atoms. The van der Waals surface area contributed by atoms with Crippen molar-refractivity contribution in [3.63, 3.8) is 0 Å². The van der Waals surface area contributed by atoms with Gasteiger partial charge in [0.2, 0.25) is 0 Å². The van der Waals surface area contributed by atoms with Gasteiger partial charge in [-0.15, -0.1) is 0 Å². The Kier molecular flexibility index (Phi) is 13.2. The number of rotatable bonds is 20. The molecule has 0 heterocycles. The van der Waals surface area contributed by atoms with Crippen molar-refractivity contribution < 1.29 is 27.7 Å². The van der Waals surface area contributed by atoms with Gasteiger partial charge in [-0.2, -0.15) is 0 Å². The Bertz CT molecular complexity index is 1390. The lowest BCUT2D eigenvalue weighted by Gasteiger charge is -2.19. The van der Waals surface area contributed by atoms with Crippen molar-refractivity contribution in [2.75, 3.05) is 26.4 Å². The summed E-state index contributed by atoms with van der Waals surface area (Å²) in [6.45, 7) is 10.9. The van der Waals surface area contributed by atoms with Crippen molar-refractivity contribution in [2.24, 2.45) is 0 Å². The summed E-state index contributed by atoms with van der Waals surface area (Å²) in [6, 6.07) is 10.5. The van der Waals surface area contributed by atoms with Crippen LogP contribution in [0.2, 0.25) is 0 Å². The predicted octanol–water partition coefficient (Wildman–Crippen LogP) is 11.7. The summed E-state index contributed by atoms with van der Waals surface area (Å²) in [5.41, 5.74) is 0. The molecule has 0 saturated heterocycles. The van der Waals surface area contributed by atoms with Crippen molar-refractivity contribution in [3.05, 3.63) is 48.0 Å². The Morgan fingerprint density at radius 2 is 0.591 bits per heavy atom. The zero-order valence-electron chi connectivity index (χ0n) is 27.2. The fourth-order valence-electron chi connectivity index (χ4n) is 5.59. The minimum Gasteiger partial charge on any atom is -0.490 e. The lowest BCUT2D eigenvalue weighted by molar-refractivity contribution is 0.260. The molecule has 0 aromatic heterocycles. The average Bonchev–Trinajstić information content (AvgIpc) is 3.03. The van der Waals surface area contributed by atoms with Crippen LogP contribution in [-0.4, -0.2) is 26.4 Å². The number of fused-ring (bicyclic) bond motifs is 6. The molecule has 44 heavy (non-hydrogen) atoms. The number of ether oxygens (including phenoxy) is 4. The van der Waals surface area contributed by atoms with Crippen LogP contribution in [0.1, 0.15) is 105 Å². The van der Waals surface area contributed by atoms with Crippen LogP contribution in [0.25, 0.3) is 32.3 Å². The van der Waals surface area contributed by atoms with E-state index in [1.165, 1.54) is 12.1 Å². The molecule has 4 nitrogen and oxygen atoms in total. The summed E-state index contributed by atoms with van der Waals surface area (Å²) in [4.78, 5) is 0. The maximum atomic E-state index is 14.8. The molecule has 0 saturated carbocycles. The maximum Gasteiger partial charge on any atom is 0.161 e. The first-order valence-electron chi connectivity index (χ1n) is 16.9. The van der Waals surface area contributed by atoms with Crippen LogP contribution in [0.15, 0.2) is 36.4 Å². The average molecular weight is 609 g/mol. The van der Waals surface area contributed by atoms with Gasteiger partial charge in [-0.05, 0) is 94.4 Å². The van der Waals surface area contributed by atoms with Crippen LogP contribution in [0, 0.1) is 11.6 Å². The molecule has 0 fully saturated rings. The van der Waals surface area contributed by atoms with Crippen LogP contribution in [0.3, 0.4) is 0 Å². The quantitative estimate of drug-likeness (QED) is 0.0739. The van der Waals surface area contributed by atoms with Gasteiger partial charge in [0, 0.05) is 0 Å². The van der Waals surface area contributed by atoms with Gasteiger partial charge < -0.3 is 18.9 Å². The van der Waals surface area contributed by atoms with Gasteiger partial charge in [0.1, 0.15) is 0 Å². The van der Waals surface area contributed by atoms with Gasteiger partial charge in [-0.1, -0.05) is 79.1 Å². The Hall–Kier alpha value is -3.28. The molecule has 240 valence electrons. The minimum absolute atomic E-state index is 0.563. The Labute approximate surface area is 262 Å². The highest BCUT2D eigenvalue weighted by Gasteiger charge is 2.19. The largest absolute Gasteiger partial charge is 0.490 e. The standard InChI is InChI=1S/C38H50F2O4/c1-5-9-13-17-41-35-23-29-27-21-33(39)34(40)22-28(27)30-24-36(42-18-14-10-6-2)38(44-20-16-12-8-4)26-32(30)31(29)25-37(35)43-19-15-11-7-3/h21-26H,5-20H2,1-4H3. The van der Waals surface area contributed by atoms with E-state index in [1.54, 1.807) is 0 Å². The second-order valence-electron chi connectivity index (χ2n) is 11.7. The van der Waals surface area contributed by atoms with E-state index in [0.717, 1.165) is 98.6 Å². The smallest absolute Gasteiger partial charge is 0.161 e. The Balaban J connectivity index is 1.93. The molecular weight excluding hydrogens is 558 g/mol. The number of halogens is 2.